The molecule has 3 nitrogen and oxygen atoms in total. The van der Waals surface area contributed by atoms with E-state index in [-0.39, 0.29) is 5.92 Å². The molecule has 1 aliphatic heterocycles. The first-order valence-corrected chi connectivity index (χ1v) is 11.8. The summed E-state index contributed by atoms with van der Waals surface area (Å²) in [7, 11) is 0. The second kappa shape index (κ2) is 11.6. The van der Waals surface area contributed by atoms with Crippen LogP contribution in [0, 0.1) is 0 Å². The molecule has 2 atom stereocenters. The van der Waals surface area contributed by atoms with Gasteiger partial charge in [-0.05, 0) is 29.5 Å². The van der Waals surface area contributed by atoms with Crippen LogP contribution >= 0.6 is 0 Å². The summed E-state index contributed by atoms with van der Waals surface area (Å²) in [4.78, 5) is 2.46. The maximum Gasteiger partial charge on any atom is 0.0977 e. The van der Waals surface area contributed by atoms with Crippen LogP contribution in [-0.2, 0) is 16.8 Å². The zero-order chi connectivity index (χ0) is 21.2. The first-order chi connectivity index (χ1) is 14.7. The molecule has 1 heterocycles. The summed E-state index contributed by atoms with van der Waals surface area (Å²) in [6, 6.07) is 19.3. The minimum absolute atomic E-state index is 0.0332. The Hall–Kier alpha value is -1.68. The SMILES string of the molecule is CCCCCC[C@@](O)(c1ccc(CC)cc1)[C@H](CN1CCOCC1)c1ccccc1. The number of hydrogen-bond donors (Lipinski definition) is 1. The molecule has 3 heteroatoms. The number of nitrogens with zero attached hydrogens (tertiary/aromatic N) is 1. The fourth-order valence-corrected chi connectivity index (χ4v) is 4.63. The van der Waals surface area contributed by atoms with E-state index in [1.165, 1.54) is 30.4 Å². The topological polar surface area (TPSA) is 32.7 Å². The predicted molar refractivity (Wildman–Crippen MR) is 125 cm³/mol. The molecule has 0 unspecified atom stereocenters. The lowest BCUT2D eigenvalue weighted by Gasteiger charge is -2.41. The normalized spacial score (nSPS) is 18.1. The molecule has 0 saturated carbocycles. The van der Waals surface area contributed by atoms with E-state index in [9.17, 15) is 5.11 Å². The van der Waals surface area contributed by atoms with Gasteiger partial charge in [-0.25, -0.2) is 0 Å². The summed E-state index contributed by atoms with van der Waals surface area (Å²) in [5.74, 6) is 0.0332. The fraction of sp³-hybridized carbons (Fsp3) is 0.556. The first kappa shape index (κ1) is 23.0. The van der Waals surface area contributed by atoms with E-state index >= 15 is 0 Å². The van der Waals surface area contributed by atoms with E-state index in [0.717, 1.165) is 57.7 Å². The Morgan fingerprint density at radius 3 is 2.27 bits per heavy atom. The van der Waals surface area contributed by atoms with Crippen molar-refractivity contribution in [1.29, 1.82) is 0 Å². The Kier molecular flexibility index (Phi) is 8.92. The average Bonchev–Trinajstić information content (AvgIpc) is 2.81. The molecular formula is C27H39NO2. The van der Waals surface area contributed by atoms with E-state index in [2.05, 4.69) is 73.3 Å². The van der Waals surface area contributed by atoms with E-state index in [0.29, 0.717) is 0 Å². The highest BCUT2D eigenvalue weighted by molar-refractivity contribution is 5.33. The van der Waals surface area contributed by atoms with Crippen LogP contribution in [0.25, 0.3) is 0 Å². The van der Waals surface area contributed by atoms with Gasteiger partial charge in [0, 0.05) is 25.6 Å². The lowest BCUT2D eigenvalue weighted by molar-refractivity contribution is -0.0296. The molecule has 1 fully saturated rings. The van der Waals surface area contributed by atoms with Crippen LogP contribution in [0.1, 0.15) is 68.6 Å². The smallest absolute Gasteiger partial charge is 0.0977 e. The highest BCUT2D eigenvalue weighted by Crippen LogP contribution is 2.42. The molecule has 0 aliphatic carbocycles. The number of ether oxygens (including phenoxy) is 1. The number of aryl methyl sites for hydroxylation is 1. The zero-order valence-electron chi connectivity index (χ0n) is 18.9. The molecule has 164 valence electrons. The van der Waals surface area contributed by atoms with Crippen molar-refractivity contribution < 1.29 is 9.84 Å². The molecule has 2 aromatic rings. The number of benzene rings is 2. The molecule has 0 bridgehead atoms. The van der Waals surface area contributed by atoms with Gasteiger partial charge in [-0.2, -0.15) is 0 Å². The zero-order valence-corrected chi connectivity index (χ0v) is 18.9. The standard InChI is InChI=1S/C27H39NO2/c1-3-5-6-10-17-27(29,25-15-13-23(4-2)14-16-25)26(24-11-8-7-9-12-24)22-28-18-20-30-21-19-28/h7-9,11-16,26,29H,3-6,10,17-22H2,1-2H3/t26-,27-/m1/s1. The molecule has 0 spiro atoms. The molecule has 0 radical (unpaired) electrons. The van der Waals surface area contributed by atoms with E-state index in [1.807, 2.05) is 0 Å². The van der Waals surface area contributed by atoms with Crippen LogP contribution in [-0.4, -0.2) is 42.9 Å². The van der Waals surface area contributed by atoms with Crippen LogP contribution in [0.15, 0.2) is 54.6 Å². The number of rotatable bonds is 11. The molecule has 1 aliphatic rings. The van der Waals surface area contributed by atoms with Gasteiger partial charge >= 0.3 is 0 Å². The van der Waals surface area contributed by atoms with Gasteiger partial charge in [0.1, 0.15) is 0 Å². The Labute approximate surface area is 183 Å². The summed E-state index contributed by atoms with van der Waals surface area (Å²) in [6.07, 6.45) is 6.47. The van der Waals surface area contributed by atoms with Crippen molar-refractivity contribution in [3.63, 3.8) is 0 Å². The molecule has 30 heavy (non-hydrogen) atoms. The van der Waals surface area contributed by atoms with Gasteiger partial charge in [-0.1, -0.05) is 94.1 Å². The lowest BCUT2D eigenvalue weighted by Crippen LogP contribution is -2.45. The molecule has 1 saturated heterocycles. The van der Waals surface area contributed by atoms with Gasteiger partial charge < -0.3 is 9.84 Å². The number of morpholine rings is 1. The van der Waals surface area contributed by atoms with Crippen LogP contribution in [0.5, 0.6) is 0 Å². The number of unbranched alkanes of at least 4 members (excludes halogenated alkanes) is 3. The quantitative estimate of drug-likeness (QED) is 0.496. The summed E-state index contributed by atoms with van der Waals surface area (Å²) >= 11 is 0. The average molecular weight is 410 g/mol. The van der Waals surface area contributed by atoms with Gasteiger partial charge in [0.2, 0.25) is 0 Å². The van der Waals surface area contributed by atoms with Crippen molar-refractivity contribution in [2.75, 3.05) is 32.8 Å². The van der Waals surface area contributed by atoms with E-state index in [4.69, 9.17) is 4.74 Å². The minimum atomic E-state index is -0.875. The van der Waals surface area contributed by atoms with Crippen molar-refractivity contribution in [1.82, 2.24) is 4.90 Å². The molecule has 0 amide bonds. The molecule has 2 aromatic carbocycles. The molecule has 1 N–H and O–H groups in total. The fourth-order valence-electron chi connectivity index (χ4n) is 4.63. The van der Waals surface area contributed by atoms with Gasteiger partial charge in [-0.15, -0.1) is 0 Å². The van der Waals surface area contributed by atoms with Gasteiger partial charge in [0.25, 0.3) is 0 Å². The van der Waals surface area contributed by atoms with Gasteiger partial charge in [0.05, 0.1) is 18.8 Å². The predicted octanol–water partition coefficient (Wildman–Crippen LogP) is 5.52. The van der Waals surface area contributed by atoms with Crippen molar-refractivity contribution in [2.45, 2.75) is 63.9 Å². The second-order valence-electron chi connectivity index (χ2n) is 8.66. The van der Waals surface area contributed by atoms with E-state index in [1.54, 1.807) is 0 Å². The highest BCUT2D eigenvalue weighted by Gasteiger charge is 2.40. The maximum absolute atomic E-state index is 12.3. The Morgan fingerprint density at radius 2 is 1.63 bits per heavy atom. The van der Waals surface area contributed by atoms with Crippen molar-refractivity contribution in [2.24, 2.45) is 0 Å². The van der Waals surface area contributed by atoms with Gasteiger partial charge in [-0.3, -0.25) is 4.90 Å². The summed E-state index contributed by atoms with van der Waals surface area (Å²) in [5.41, 5.74) is 2.72. The van der Waals surface area contributed by atoms with E-state index < -0.39 is 5.60 Å². The highest BCUT2D eigenvalue weighted by atomic mass is 16.5. The number of hydrogen-bond acceptors (Lipinski definition) is 3. The van der Waals surface area contributed by atoms with Gasteiger partial charge in [0.15, 0.2) is 0 Å². The Morgan fingerprint density at radius 1 is 0.933 bits per heavy atom. The summed E-state index contributed by atoms with van der Waals surface area (Å²) < 4.78 is 5.57. The molecule has 3 rings (SSSR count). The largest absolute Gasteiger partial charge is 0.384 e. The Bertz CT molecular complexity index is 724. The Balaban J connectivity index is 1.95. The van der Waals surface area contributed by atoms with Crippen molar-refractivity contribution >= 4 is 0 Å². The third-order valence-electron chi connectivity index (χ3n) is 6.60. The van der Waals surface area contributed by atoms with Crippen LogP contribution in [0.2, 0.25) is 0 Å². The van der Waals surface area contributed by atoms with Crippen molar-refractivity contribution in [3.8, 4) is 0 Å². The molecule has 0 aromatic heterocycles. The third-order valence-corrected chi connectivity index (χ3v) is 6.60. The maximum atomic E-state index is 12.3. The summed E-state index contributed by atoms with van der Waals surface area (Å²) in [6.45, 7) is 8.70. The van der Waals surface area contributed by atoms with Crippen molar-refractivity contribution in [3.05, 3.63) is 71.3 Å². The molecular weight excluding hydrogens is 370 g/mol. The minimum Gasteiger partial charge on any atom is -0.384 e. The second-order valence-corrected chi connectivity index (χ2v) is 8.66. The lowest BCUT2D eigenvalue weighted by atomic mass is 9.73. The van der Waals surface area contributed by atoms with Crippen LogP contribution in [0.4, 0.5) is 0 Å². The third kappa shape index (κ3) is 5.94. The van der Waals surface area contributed by atoms with Crippen LogP contribution < -0.4 is 0 Å². The first-order valence-electron chi connectivity index (χ1n) is 11.8. The monoisotopic (exact) mass is 409 g/mol. The number of aliphatic hydroxyl groups is 1. The van der Waals surface area contributed by atoms with Crippen LogP contribution in [0.3, 0.4) is 0 Å². The summed E-state index contributed by atoms with van der Waals surface area (Å²) in [5, 5.41) is 12.3.